The van der Waals surface area contributed by atoms with E-state index in [0.29, 0.717) is 30.6 Å². The van der Waals surface area contributed by atoms with Crippen molar-refractivity contribution in [2.45, 2.75) is 37.8 Å². The Kier molecular flexibility index (Phi) is 8.66. The number of rotatable bonds is 11. The van der Waals surface area contributed by atoms with Crippen LogP contribution < -0.4 is 5.32 Å². The van der Waals surface area contributed by atoms with E-state index >= 15 is 0 Å². The van der Waals surface area contributed by atoms with Crippen LogP contribution in [-0.4, -0.2) is 28.2 Å². The molecule has 0 aliphatic carbocycles. The molecular weight excluding hydrogens is 421 g/mol. The number of hydrogen-bond donors (Lipinski definition) is 2. The van der Waals surface area contributed by atoms with E-state index < -0.39 is 8.25 Å². The molecule has 0 radical (unpaired) electrons. The zero-order valence-electron chi connectivity index (χ0n) is 17.1. The smallest absolute Gasteiger partial charge is 0.316 e. The van der Waals surface area contributed by atoms with Crippen LogP contribution in [0.25, 0.3) is 11.5 Å². The van der Waals surface area contributed by atoms with Crippen LogP contribution in [-0.2, 0) is 21.4 Å². The molecule has 0 aliphatic rings. The summed E-state index contributed by atoms with van der Waals surface area (Å²) in [5, 5.41) is 12.1. The highest BCUT2D eigenvalue weighted by molar-refractivity contribution is 7.98. The van der Waals surface area contributed by atoms with Crippen LogP contribution in [0, 0.1) is 13.8 Å². The second-order valence-corrected chi connectivity index (χ2v) is 8.67. The minimum atomic E-state index is -2.82. The first-order valence-corrected chi connectivity index (χ1v) is 11.9. The molecule has 0 spiro atoms. The minimum absolute atomic E-state index is 0.279. The summed E-state index contributed by atoms with van der Waals surface area (Å²) in [4.78, 5) is 8.59. The van der Waals surface area contributed by atoms with E-state index in [1.807, 2.05) is 24.3 Å². The van der Waals surface area contributed by atoms with Crippen molar-refractivity contribution in [1.82, 2.24) is 15.5 Å². The molecule has 0 saturated heterocycles. The van der Waals surface area contributed by atoms with Gasteiger partial charge in [0.05, 0.1) is 6.61 Å². The highest BCUT2D eigenvalue weighted by Crippen LogP contribution is 2.26. The maximum atomic E-state index is 10.5. The first kappa shape index (κ1) is 22.7. The van der Waals surface area contributed by atoms with Crippen molar-refractivity contribution in [2.75, 3.05) is 13.2 Å². The van der Waals surface area contributed by atoms with Crippen LogP contribution in [0.2, 0.25) is 0 Å². The van der Waals surface area contributed by atoms with Crippen molar-refractivity contribution < 1.29 is 18.4 Å². The van der Waals surface area contributed by atoms with Crippen LogP contribution in [0.15, 0.2) is 52.1 Å². The summed E-state index contributed by atoms with van der Waals surface area (Å²) in [6, 6.07) is 14.4. The molecule has 0 amide bonds. The summed E-state index contributed by atoms with van der Waals surface area (Å²) in [5.41, 5.74) is 5.81. The molecule has 3 rings (SSSR count). The average Bonchev–Trinajstić information content (AvgIpc) is 3.21. The van der Waals surface area contributed by atoms with Gasteiger partial charge in [0.1, 0.15) is 0 Å². The first-order valence-electron chi connectivity index (χ1n) is 9.69. The summed E-state index contributed by atoms with van der Waals surface area (Å²) in [5.74, 6) is 1.29. The second-order valence-electron chi connectivity index (χ2n) is 6.92. The summed E-state index contributed by atoms with van der Waals surface area (Å²) in [7, 11) is -2.82. The van der Waals surface area contributed by atoms with Crippen LogP contribution in [0.3, 0.4) is 0 Å². The van der Waals surface area contributed by atoms with Crippen molar-refractivity contribution in [1.29, 1.82) is 0 Å². The molecule has 2 N–H and O–H groups in total. The van der Waals surface area contributed by atoms with Crippen molar-refractivity contribution >= 4 is 20.0 Å². The second kappa shape index (κ2) is 11.4. The Hall–Kier alpha value is -1.96. The van der Waals surface area contributed by atoms with Crippen molar-refractivity contribution in [3.63, 3.8) is 0 Å². The number of nitrogens with zero attached hydrogens (tertiary/aromatic N) is 2. The fourth-order valence-corrected chi connectivity index (χ4v) is 3.80. The molecule has 0 saturated carbocycles. The van der Waals surface area contributed by atoms with Gasteiger partial charge in [-0.05, 0) is 61.2 Å². The van der Waals surface area contributed by atoms with Crippen molar-refractivity contribution in [2.24, 2.45) is 0 Å². The predicted octanol–water partition coefficient (Wildman–Crippen LogP) is 4.52. The Bertz CT molecular complexity index is 979. The van der Waals surface area contributed by atoms with Crippen LogP contribution in [0.4, 0.5) is 0 Å². The van der Waals surface area contributed by atoms with E-state index in [9.17, 15) is 4.57 Å². The van der Waals surface area contributed by atoms with Crippen molar-refractivity contribution in [3.05, 3.63) is 64.7 Å². The van der Waals surface area contributed by atoms with E-state index in [0.717, 1.165) is 16.9 Å². The third-order valence-corrected chi connectivity index (χ3v) is 5.93. The standard InChI is InChI=1S/C21H26N3O4PS/c1-15-4-5-18(12-16(15)2)14-30-21-24-23-20(28-21)19-8-6-17(7-9-19)13-22-10-3-11-27-29(25)26/h4-9,12,22,29H,3,10-11,13-14H2,1-2H3,(H,25,26). The molecule has 1 aromatic heterocycles. The number of nitrogens with one attached hydrogen (secondary N) is 1. The van der Waals surface area contributed by atoms with E-state index in [2.05, 4.69) is 52.1 Å². The third-order valence-electron chi connectivity index (χ3n) is 4.59. The first-order chi connectivity index (χ1) is 14.5. The molecule has 3 aromatic rings. The average molecular weight is 447 g/mol. The monoisotopic (exact) mass is 447 g/mol. The Balaban J connectivity index is 1.46. The molecule has 1 heterocycles. The molecule has 9 heteroatoms. The molecule has 2 aromatic carbocycles. The van der Waals surface area contributed by atoms with Crippen LogP contribution >= 0.6 is 20.0 Å². The molecule has 7 nitrogen and oxygen atoms in total. The van der Waals surface area contributed by atoms with Gasteiger partial charge in [-0.15, -0.1) is 10.2 Å². The number of aromatic nitrogens is 2. The van der Waals surface area contributed by atoms with E-state index in [1.165, 1.54) is 28.5 Å². The number of aryl methyl sites for hydroxylation is 2. The molecular formula is C21H26N3O4PS. The number of thioether (sulfide) groups is 1. The lowest BCUT2D eigenvalue weighted by molar-refractivity contribution is 0.276. The normalized spacial score (nSPS) is 12.2. The third kappa shape index (κ3) is 7.07. The number of benzene rings is 2. The zero-order chi connectivity index (χ0) is 21.3. The van der Waals surface area contributed by atoms with E-state index in [1.54, 1.807) is 0 Å². The summed E-state index contributed by atoms with van der Waals surface area (Å²) in [6.07, 6.45) is 0.680. The molecule has 0 fully saturated rings. The van der Waals surface area contributed by atoms with E-state index in [4.69, 9.17) is 9.31 Å². The minimum Gasteiger partial charge on any atom is -0.411 e. The molecule has 160 valence electrons. The topological polar surface area (TPSA) is 97.5 Å². The summed E-state index contributed by atoms with van der Waals surface area (Å²) >= 11 is 1.53. The molecule has 0 aliphatic heterocycles. The lowest BCUT2D eigenvalue weighted by atomic mass is 10.1. The van der Waals surface area contributed by atoms with Gasteiger partial charge >= 0.3 is 8.25 Å². The van der Waals surface area contributed by atoms with Gasteiger partial charge in [-0.2, -0.15) is 0 Å². The lowest BCUT2D eigenvalue weighted by Crippen LogP contribution is -2.15. The maximum absolute atomic E-state index is 10.5. The summed E-state index contributed by atoms with van der Waals surface area (Å²) in [6.45, 7) is 5.92. The quantitative estimate of drug-likeness (QED) is 0.251. The van der Waals surface area contributed by atoms with Gasteiger partial charge in [0.2, 0.25) is 5.89 Å². The fourth-order valence-electron chi connectivity index (χ4n) is 2.78. The van der Waals surface area contributed by atoms with Gasteiger partial charge in [-0.25, -0.2) is 0 Å². The maximum Gasteiger partial charge on any atom is 0.316 e. The van der Waals surface area contributed by atoms with Gasteiger partial charge in [-0.1, -0.05) is 42.1 Å². The SMILES string of the molecule is Cc1ccc(CSc2nnc(-c3ccc(CNCCCO[PH](=O)O)cc3)o2)cc1C. The molecule has 1 unspecified atom stereocenters. The molecule has 0 bridgehead atoms. The Morgan fingerprint density at radius 1 is 1.10 bits per heavy atom. The zero-order valence-corrected chi connectivity index (χ0v) is 18.9. The van der Waals surface area contributed by atoms with Gasteiger partial charge in [0.15, 0.2) is 0 Å². The van der Waals surface area contributed by atoms with Gasteiger partial charge in [0, 0.05) is 17.9 Å². The van der Waals surface area contributed by atoms with E-state index in [-0.39, 0.29) is 6.61 Å². The van der Waals surface area contributed by atoms with Gasteiger partial charge < -0.3 is 19.2 Å². The van der Waals surface area contributed by atoms with Gasteiger partial charge in [0.25, 0.3) is 5.22 Å². The Morgan fingerprint density at radius 3 is 2.60 bits per heavy atom. The highest BCUT2D eigenvalue weighted by Gasteiger charge is 2.10. The highest BCUT2D eigenvalue weighted by atomic mass is 32.2. The fraction of sp³-hybridized carbons (Fsp3) is 0.333. The largest absolute Gasteiger partial charge is 0.411 e. The summed E-state index contributed by atoms with van der Waals surface area (Å²) < 4.78 is 20.9. The lowest BCUT2D eigenvalue weighted by Gasteiger charge is -2.05. The predicted molar refractivity (Wildman–Crippen MR) is 119 cm³/mol. The number of hydrogen-bond acceptors (Lipinski definition) is 7. The Morgan fingerprint density at radius 2 is 1.87 bits per heavy atom. The van der Waals surface area contributed by atoms with Crippen LogP contribution in [0.1, 0.15) is 28.7 Å². The van der Waals surface area contributed by atoms with Crippen molar-refractivity contribution in [3.8, 4) is 11.5 Å². The molecule has 30 heavy (non-hydrogen) atoms. The van der Waals surface area contributed by atoms with Gasteiger partial charge in [-0.3, -0.25) is 4.57 Å². The van der Waals surface area contributed by atoms with Crippen LogP contribution in [0.5, 0.6) is 0 Å². The Labute approximate surface area is 181 Å². The molecule has 1 atom stereocenters.